The molecule has 0 aliphatic rings. The Balaban J connectivity index is 1.97. The predicted molar refractivity (Wildman–Crippen MR) is 62.7 cm³/mol. The van der Waals surface area contributed by atoms with E-state index in [0.717, 1.165) is 0 Å². The van der Waals surface area contributed by atoms with Gasteiger partial charge < -0.3 is 14.9 Å². The van der Waals surface area contributed by atoms with Gasteiger partial charge in [-0.25, -0.2) is 0 Å². The molecule has 6 heteroatoms. The van der Waals surface area contributed by atoms with Crippen molar-refractivity contribution in [1.29, 1.82) is 0 Å². The molecule has 1 heterocycles. The molecule has 18 heavy (non-hydrogen) atoms. The molecule has 0 spiro atoms. The number of aryl methyl sites for hydroxylation is 1. The van der Waals surface area contributed by atoms with Crippen LogP contribution in [0.2, 0.25) is 0 Å². The quantitative estimate of drug-likeness (QED) is 0.843. The highest BCUT2D eigenvalue weighted by Crippen LogP contribution is 2.22. The fourth-order valence-corrected chi connectivity index (χ4v) is 1.38. The van der Waals surface area contributed by atoms with Crippen LogP contribution in [0.1, 0.15) is 6.42 Å². The molecule has 0 saturated carbocycles. The number of carboxylic acid groups (broad SMARTS) is 1. The summed E-state index contributed by atoms with van der Waals surface area (Å²) in [5.41, 5.74) is 0. The maximum absolute atomic E-state index is 10.4. The van der Waals surface area contributed by atoms with Gasteiger partial charge in [-0.2, -0.15) is 5.10 Å². The average molecular weight is 248 g/mol. The number of aliphatic carboxylic acids is 1. The average Bonchev–Trinajstić information content (AvgIpc) is 2.77. The smallest absolute Gasteiger partial charge is 0.305 e. The largest absolute Gasteiger partial charge is 0.508 e. The lowest BCUT2D eigenvalue weighted by atomic mass is 10.3. The second kappa shape index (κ2) is 5.22. The number of nitrogens with zero attached hydrogens (tertiary/aromatic N) is 2. The minimum absolute atomic E-state index is 0.0142. The van der Waals surface area contributed by atoms with Gasteiger partial charge in [-0.05, 0) is 24.3 Å². The number of phenols is 1. The Morgan fingerprint density at radius 2 is 2.00 bits per heavy atom. The highest BCUT2D eigenvalue weighted by molar-refractivity contribution is 5.66. The van der Waals surface area contributed by atoms with Crippen LogP contribution in [0.4, 0.5) is 0 Å². The number of rotatable bonds is 5. The van der Waals surface area contributed by atoms with Gasteiger partial charge in [0.15, 0.2) is 5.75 Å². The third-order valence-corrected chi connectivity index (χ3v) is 2.24. The Hall–Kier alpha value is -2.50. The summed E-state index contributed by atoms with van der Waals surface area (Å²) in [6.07, 6.45) is 3.14. The molecule has 0 aliphatic heterocycles. The molecule has 94 valence electrons. The fraction of sp³-hybridized carbons (Fsp3) is 0.167. The van der Waals surface area contributed by atoms with Crippen LogP contribution < -0.4 is 4.74 Å². The zero-order valence-corrected chi connectivity index (χ0v) is 9.48. The van der Waals surface area contributed by atoms with Crippen LogP contribution in [0.3, 0.4) is 0 Å². The molecule has 0 amide bonds. The topological polar surface area (TPSA) is 84.6 Å². The second-order valence-electron chi connectivity index (χ2n) is 3.68. The molecule has 0 aliphatic carbocycles. The summed E-state index contributed by atoms with van der Waals surface area (Å²) in [7, 11) is 0. The fourth-order valence-electron chi connectivity index (χ4n) is 1.38. The van der Waals surface area contributed by atoms with Gasteiger partial charge in [0.1, 0.15) is 11.5 Å². The van der Waals surface area contributed by atoms with Crippen LogP contribution in [0.25, 0.3) is 0 Å². The van der Waals surface area contributed by atoms with Crippen molar-refractivity contribution in [2.45, 2.75) is 13.0 Å². The van der Waals surface area contributed by atoms with Crippen molar-refractivity contribution in [3.05, 3.63) is 36.7 Å². The zero-order chi connectivity index (χ0) is 13.0. The lowest BCUT2D eigenvalue weighted by Crippen LogP contribution is -2.04. The van der Waals surface area contributed by atoms with E-state index in [1.807, 2.05) is 0 Å². The van der Waals surface area contributed by atoms with E-state index in [9.17, 15) is 4.79 Å². The van der Waals surface area contributed by atoms with Crippen LogP contribution >= 0.6 is 0 Å². The second-order valence-corrected chi connectivity index (χ2v) is 3.68. The van der Waals surface area contributed by atoms with E-state index in [2.05, 4.69) is 5.10 Å². The summed E-state index contributed by atoms with van der Waals surface area (Å²) in [6.45, 7) is 0.300. The van der Waals surface area contributed by atoms with Crippen molar-refractivity contribution in [3.8, 4) is 17.2 Å². The summed E-state index contributed by atoms with van der Waals surface area (Å²) in [5.74, 6) is 0.391. The summed E-state index contributed by atoms with van der Waals surface area (Å²) in [6, 6.07) is 6.29. The maximum atomic E-state index is 10.4. The molecule has 2 rings (SSSR count). The minimum Gasteiger partial charge on any atom is -0.508 e. The lowest BCUT2D eigenvalue weighted by Gasteiger charge is -2.02. The van der Waals surface area contributed by atoms with E-state index < -0.39 is 5.97 Å². The molecule has 0 radical (unpaired) electrons. The van der Waals surface area contributed by atoms with E-state index in [4.69, 9.17) is 14.9 Å². The van der Waals surface area contributed by atoms with Crippen LogP contribution in [-0.2, 0) is 11.3 Å². The number of ether oxygens (including phenoxy) is 1. The molecule has 1 aromatic heterocycles. The Bertz CT molecular complexity index is 533. The van der Waals surface area contributed by atoms with Crippen LogP contribution in [-0.4, -0.2) is 26.0 Å². The number of aromatic nitrogens is 2. The van der Waals surface area contributed by atoms with Crippen molar-refractivity contribution >= 4 is 5.97 Å². The van der Waals surface area contributed by atoms with Gasteiger partial charge in [0.25, 0.3) is 0 Å². The number of carbonyl (C=O) groups is 1. The Kier molecular flexibility index (Phi) is 3.47. The third kappa shape index (κ3) is 3.24. The number of hydrogen-bond acceptors (Lipinski definition) is 4. The SMILES string of the molecule is O=C(O)CCn1cc(Oc2ccc(O)cc2)cn1. The van der Waals surface area contributed by atoms with Crippen molar-refractivity contribution in [2.24, 2.45) is 0 Å². The van der Waals surface area contributed by atoms with Gasteiger partial charge in [0.2, 0.25) is 0 Å². The number of benzene rings is 1. The van der Waals surface area contributed by atoms with E-state index in [1.165, 1.54) is 23.0 Å². The Morgan fingerprint density at radius 1 is 1.28 bits per heavy atom. The van der Waals surface area contributed by atoms with Crippen molar-refractivity contribution in [1.82, 2.24) is 9.78 Å². The first-order valence-electron chi connectivity index (χ1n) is 5.34. The predicted octanol–water partition coefficient (Wildman–Crippen LogP) is 1.86. The molecule has 0 saturated heterocycles. The molecule has 2 N–H and O–H groups in total. The van der Waals surface area contributed by atoms with Gasteiger partial charge in [-0.1, -0.05) is 0 Å². The van der Waals surface area contributed by atoms with Crippen molar-refractivity contribution < 1.29 is 19.7 Å². The van der Waals surface area contributed by atoms with Gasteiger partial charge in [0, 0.05) is 0 Å². The summed E-state index contributed by atoms with van der Waals surface area (Å²) in [5, 5.41) is 21.6. The first-order chi connectivity index (χ1) is 8.63. The minimum atomic E-state index is -0.869. The van der Waals surface area contributed by atoms with Crippen LogP contribution in [0, 0.1) is 0 Å². The molecule has 1 aromatic carbocycles. The van der Waals surface area contributed by atoms with E-state index in [-0.39, 0.29) is 12.2 Å². The highest BCUT2D eigenvalue weighted by atomic mass is 16.5. The van der Waals surface area contributed by atoms with Crippen molar-refractivity contribution in [2.75, 3.05) is 0 Å². The van der Waals surface area contributed by atoms with Gasteiger partial charge in [-0.15, -0.1) is 0 Å². The molecule has 0 atom stereocenters. The molecule has 0 unspecified atom stereocenters. The van der Waals surface area contributed by atoms with Gasteiger partial charge in [0.05, 0.1) is 25.4 Å². The Labute approximate surface area is 103 Å². The standard InChI is InChI=1S/C12H12N2O4/c15-9-1-3-10(4-2-9)18-11-7-13-14(8-11)6-5-12(16)17/h1-4,7-8,15H,5-6H2,(H,16,17). The van der Waals surface area contributed by atoms with E-state index in [0.29, 0.717) is 18.0 Å². The van der Waals surface area contributed by atoms with E-state index >= 15 is 0 Å². The molecule has 0 bridgehead atoms. The molecular formula is C12H12N2O4. The number of carboxylic acids is 1. The third-order valence-electron chi connectivity index (χ3n) is 2.24. The van der Waals surface area contributed by atoms with Crippen LogP contribution in [0.15, 0.2) is 36.7 Å². The number of aromatic hydroxyl groups is 1. The first kappa shape index (κ1) is 12.0. The van der Waals surface area contributed by atoms with Gasteiger partial charge >= 0.3 is 5.97 Å². The molecular weight excluding hydrogens is 236 g/mol. The summed E-state index contributed by atoms with van der Waals surface area (Å²) < 4.78 is 6.98. The molecule has 0 fully saturated rings. The number of phenolic OH excluding ortho intramolecular Hbond substituents is 1. The van der Waals surface area contributed by atoms with E-state index in [1.54, 1.807) is 18.3 Å². The monoisotopic (exact) mass is 248 g/mol. The summed E-state index contributed by atoms with van der Waals surface area (Å²) in [4.78, 5) is 10.4. The summed E-state index contributed by atoms with van der Waals surface area (Å²) >= 11 is 0. The molecule has 2 aromatic rings. The molecule has 6 nitrogen and oxygen atoms in total. The normalized spacial score (nSPS) is 10.2. The lowest BCUT2D eigenvalue weighted by molar-refractivity contribution is -0.137. The van der Waals surface area contributed by atoms with Gasteiger partial charge in [-0.3, -0.25) is 9.48 Å². The maximum Gasteiger partial charge on any atom is 0.305 e. The zero-order valence-electron chi connectivity index (χ0n) is 9.48. The Morgan fingerprint density at radius 3 is 2.67 bits per heavy atom. The van der Waals surface area contributed by atoms with Crippen molar-refractivity contribution in [3.63, 3.8) is 0 Å². The number of hydrogen-bond donors (Lipinski definition) is 2. The highest BCUT2D eigenvalue weighted by Gasteiger charge is 2.03. The van der Waals surface area contributed by atoms with Crippen LogP contribution in [0.5, 0.6) is 17.2 Å². The first-order valence-corrected chi connectivity index (χ1v) is 5.34.